The number of anilines is 2. The molecule has 1 aromatic carbocycles. The lowest BCUT2D eigenvalue weighted by molar-refractivity contribution is -0.122. The van der Waals surface area contributed by atoms with Crippen LogP contribution in [0, 0.1) is 5.92 Å². The van der Waals surface area contributed by atoms with E-state index in [0.717, 1.165) is 18.5 Å². The Kier molecular flexibility index (Phi) is 5.16. The lowest BCUT2D eigenvalue weighted by Crippen LogP contribution is -2.28. The third-order valence-electron chi connectivity index (χ3n) is 4.53. The molecule has 0 saturated carbocycles. The zero-order valence-electron chi connectivity index (χ0n) is 14.7. The van der Waals surface area contributed by atoms with Crippen molar-refractivity contribution in [3.8, 4) is 0 Å². The van der Waals surface area contributed by atoms with Crippen molar-refractivity contribution >= 4 is 23.3 Å². The molecule has 132 valence electrons. The molecule has 25 heavy (non-hydrogen) atoms. The van der Waals surface area contributed by atoms with E-state index in [1.807, 2.05) is 12.1 Å². The van der Waals surface area contributed by atoms with E-state index < -0.39 is 0 Å². The number of nitrogens with zero attached hydrogens (tertiary/aromatic N) is 3. The minimum atomic E-state index is -0.353. The Morgan fingerprint density at radius 3 is 2.68 bits per heavy atom. The summed E-state index contributed by atoms with van der Waals surface area (Å²) in [6.07, 6.45) is 5.38. The van der Waals surface area contributed by atoms with Gasteiger partial charge in [-0.2, -0.15) is 5.10 Å². The standard InChI is InChI=1S/C19H24N4O2/c1-3-4-5-14-6-8-16(9-7-14)23-13-15(12-18(23)24)19(25)20-17-10-11-22(2)21-17/h6-11,15H,3-5,12-13H2,1-2H3,(H,20,21,25)/t15-/m1/s1. The van der Waals surface area contributed by atoms with Crippen LogP contribution in [0.3, 0.4) is 0 Å². The van der Waals surface area contributed by atoms with Gasteiger partial charge in [-0.05, 0) is 30.5 Å². The van der Waals surface area contributed by atoms with Crippen molar-refractivity contribution in [2.45, 2.75) is 32.6 Å². The van der Waals surface area contributed by atoms with E-state index in [0.29, 0.717) is 12.4 Å². The van der Waals surface area contributed by atoms with Crippen LogP contribution >= 0.6 is 0 Å². The van der Waals surface area contributed by atoms with Gasteiger partial charge in [-0.15, -0.1) is 0 Å². The molecule has 0 spiro atoms. The van der Waals surface area contributed by atoms with Gasteiger partial charge in [0.05, 0.1) is 5.92 Å². The number of carbonyl (C=O) groups is 2. The topological polar surface area (TPSA) is 67.2 Å². The molecule has 1 N–H and O–H groups in total. The second-order valence-electron chi connectivity index (χ2n) is 6.54. The van der Waals surface area contributed by atoms with Crippen LogP contribution in [-0.4, -0.2) is 28.1 Å². The van der Waals surface area contributed by atoms with Crippen molar-refractivity contribution in [1.82, 2.24) is 9.78 Å². The Morgan fingerprint density at radius 1 is 1.28 bits per heavy atom. The first kappa shape index (κ1) is 17.2. The van der Waals surface area contributed by atoms with Crippen molar-refractivity contribution in [1.29, 1.82) is 0 Å². The largest absolute Gasteiger partial charge is 0.312 e. The number of hydrogen-bond donors (Lipinski definition) is 1. The molecule has 0 bridgehead atoms. The van der Waals surface area contributed by atoms with Gasteiger partial charge in [0.2, 0.25) is 11.8 Å². The molecular formula is C19H24N4O2. The zero-order valence-corrected chi connectivity index (χ0v) is 14.7. The zero-order chi connectivity index (χ0) is 17.8. The lowest BCUT2D eigenvalue weighted by Gasteiger charge is -2.17. The molecule has 0 aliphatic carbocycles. The average molecular weight is 340 g/mol. The Hall–Kier alpha value is -2.63. The molecule has 2 amide bonds. The van der Waals surface area contributed by atoms with Crippen LogP contribution in [0.5, 0.6) is 0 Å². The van der Waals surface area contributed by atoms with Gasteiger partial charge in [0, 0.05) is 38.0 Å². The first-order chi connectivity index (χ1) is 12.1. The number of unbranched alkanes of at least 4 members (excludes halogenated alkanes) is 1. The van der Waals surface area contributed by atoms with Crippen molar-refractivity contribution < 1.29 is 9.59 Å². The molecular weight excluding hydrogens is 316 g/mol. The van der Waals surface area contributed by atoms with Crippen molar-refractivity contribution in [3.63, 3.8) is 0 Å². The number of rotatable bonds is 6. The fraction of sp³-hybridized carbons (Fsp3) is 0.421. The van der Waals surface area contributed by atoms with Crippen molar-refractivity contribution in [3.05, 3.63) is 42.1 Å². The first-order valence-corrected chi connectivity index (χ1v) is 8.76. The molecule has 1 saturated heterocycles. The molecule has 1 aromatic heterocycles. The SMILES string of the molecule is CCCCc1ccc(N2C[C@H](C(=O)Nc3ccn(C)n3)CC2=O)cc1. The fourth-order valence-corrected chi connectivity index (χ4v) is 3.07. The number of aryl methyl sites for hydroxylation is 2. The van der Waals surface area contributed by atoms with Crippen LogP contribution < -0.4 is 10.2 Å². The molecule has 1 aliphatic rings. The highest BCUT2D eigenvalue weighted by atomic mass is 16.2. The smallest absolute Gasteiger partial charge is 0.231 e. The molecule has 0 unspecified atom stereocenters. The summed E-state index contributed by atoms with van der Waals surface area (Å²) in [6.45, 7) is 2.58. The third-order valence-corrected chi connectivity index (χ3v) is 4.53. The highest BCUT2D eigenvalue weighted by Gasteiger charge is 2.35. The van der Waals surface area contributed by atoms with Crippen LogP contribution in [0.25, 0.3) is 0 Å². The van der Waals surface area contributed by atoms with Gasteiger partial charge in [-0.3, -0.25) is 14.3 Å². The van der Waals surface area contributed by atoms with Gasteiger partial charge < -0.3 is 10.2 Å². The van der Waals surface area contributed by atoms with E-state index in [4.69, 9.17) is 0 Å². The molecule has 6 heteroatoms. The van der Waals surface area contributed by atoms with Crippen molar-refractivity contribution in [2.24, 2.45) is 13.0 Å². The summed E-state index contributed by atoms with van der Waals surface area (Å²) in [6, 6.07) is 9.82. The van der Waals surface area contributed by atoms with Crippen molar-refractivity contribution in [2.75, 3.05) is 16.8 Å². The minimum absolute atomic E-state index is 0.0116. The maximum Gasteiger partial charge on any atom is 0.231 e. The number of amides is 2. The van der Waals surface area contributed by atoms with E-state index in [2.05, 4.69) is 29.5 Å². The molecule has 2 aromatic rings. The molecule has 0 radical (unpaired) electrons. The summed E-state index contributed by atoms with van der Waals surface area (Å²) in [5.41, 5.74) is 2.14. The summed E-state index contributed by atoms with van der Waals surface area (Å²) >= 11 is 0. The fourth-order valence-electron chi connectivity index (χ4n) is 3.07. The predicted molar refractivity (Wildman–Crippen MR) is 97.4 cm³/mol. The van der Waals surface area contributed by atoms with Crippen LogP contribution in [0.15, 0.2) is 36.5 Å². The number of nitrogens with one attached hydrogen (secondary N) is 1. The van der Waals surface area contributed by atoms with Crippen LogP contribution in [-0.2, 0) is 23.1 Å². The molecule has 1 fully saturated rings. The van der Waals surface area contributed by atoms with Crippen LogP contribution in [0.4, 0.5) is 11.5 Å². The van der Waals surface area contributed by atoms with Gasteiger partial charge in [0.1, 0.15) is 0 Å². The number of carbonyl (C=O) groups excluding carboxylic acids is 2. The normalized spacial score (nSPS) is 17.1. The first-order valence-electron chi connectivity index (χ1n) is 8.76. The monoisotopic (exact) mass is 340 g/mol. The van der Waals surface area contributed by atoms with Gasteiger partial charge in [-0.1, -0.05) is 25.5 Å². The summed E-state index contributed by atoms with van der Waals surface area (Å²) in [5.74, 6) is -0.00968. The van der Waals surface area contributed by atoms with E-state index in [1.165, 1.54) is 12.0 Å². The predicted octanol–water partition coefficient (Wildman–Crippen LogP) is 2.75. The van der Waals surface area contributed by atoms with Crippen LogP contribution in [0.1, 0.15) is 31.7 Å². The number of hydrogen-bond acceptors (Lipinski definition) is 3. The van der Waals surface area contributed by atoms with E-state index in [9.17, 15) is 9.59 Å². The molecule has 6 nitrogen and oxygen atoms in total. The Balaban J connectivity index is 1.62. The highest BCUT2D eigenvalue weighted by Crippen LogP contribution is 2.26. The van der Waals surface area contributed by atoms with Gasteiger partial charge >= 0.3 is 0 Å². The summed E-state index contributed by atoms with van der Waals surface area (Å²) in [7, 11) is 1.79. The minimum Gasteiger partial charge on any atom is -0.312 e. The summed E-state index contributed by atoms with van der Waals surface area (Å²) in [5, 5.41) is 6.92. The maximum atomic E-state index is 12.4. The Labute approximate surface area is 147 Å². The lowest BCUT2D eigenvalue weighted by atomic mass is 10.1. The maximum absolute atomic E-state index is 12.4. The summed E-state index contributed by atoms with van der Waals surface area (Å²) in [4.78, 5) is 26.4. The molecule has 2 heterocycles. The van der Waals surface area contributed by atoms with E-state index in [-0.39, 0.29) is 24.2 Å². The van der Waals surface area contributed by atoms with Gasteiger partial charge in [0.25, 0.3) is 0 Å². The molecule has 1 atom stereocenters. The van der Waals surface area contributed by atoms with E-state index >= 15 is 0 Å². The van der Waals surface area contributed by atoms with Gasteiger partial charge in [-0.25, -0.2) is 0 Å². The van der Waals surface area contributed by atoms with E-state index in [1.54, 1.807) is 28.9 Å². The third kappa shape index (κ3) is 4.07. The summed E-state index contributed by atoms with van der Waals surface area (Å²) < 4.78 is 1.63. The number of aromatic nitrogens is 2. The number of benzene rings is 1. The highest BCUT2D eigenvalue weighted by molar-refractivity contribution is 6.03. The molecule has 3 rings (SSSR count). The molecule has 1 aliphatic heterocycles. The Morgan fingerprint density at radius 2 is 2.04 bits per heavy atom. The van der Waals surface area contributed by atoms with Gasteiger partial charge in [0.15, 0.2) is 5.82 Å². The second-order valence-corrected chi connectivity index (χ2v) is 6.54. The second kappa shape index (κ2) is 7.51. The Bertz CT molecular complexity index is 751. The average Bonchev–Trinajstić information content (AvgIpc) is 3.19. The van der Waals surface area contributed by atoms with Crippen LogP contribution in [0.2, 0.25) is 0 Å². The quantitative estimate of drug-likeness (QED) is 0.879.